The second-order valence-corrected chi connectivity index (χ2v) is 9.44. The average molecular weight is 669 g/mol. The molecule has 248 valence electrons. The zero-order valence-electron chi connectivity index (χ0n) is 24.7. The van der Waals surface area contributed by atoms with E-state index in [0.717, 1.165) is 49.8 Å². The van der Waals surface area contributed by atoms with Crippen molar-refractivity contribution in [2.75, 3.05) is 10.2 Å². The van der Waals surface area contributed by atoms with Crippen molar-refractivity contribution in [2.24, 2.45) is 0 Å². The lowest BCUT2D eigenvalue weighted by molar-refractivity contribution is -0.141. The van der Waals surface area contributed by atoms with E-state index in [9.17, 15) is 49.5 Å². The van der Waals surface area contributed by atoms with Gasteiger partial charge in [0.15, 0.2) is 11.4 Å². The van der Waals surface area contributed by atoms with E-state index in [1.165, 1.54) is 32.2 Å². The molecule has 47 heavy (non-hydrogen) atoms. The minimum atomic E-state index is -4.92. The molecule has 17 heteroatoms. The number of carbonyl (C=O) groups excluding carboxylic acids is 3. The Morgan fingerprint density at radius 1 is 0.723 bits per heavy atom. The van der Waals surface area contributed by atoms with Crippen LogP contribution in [0.2, 0.25) is 0 Å². The second-order valence-electron chi connectivity index (χ2n) is 9.44. The molecule has 0 aromatic carbocycles. The van der Waals surface area contributed by atoms with Crippen LogP contribution in [0.5, 0.6) is 0 Å². The molecule has 0 spiro atoms. The van der Waals surface area contributed by atoms with Crippen LogP contribution >= 0.6 is 0 Å². The number of alkyl halides is 6. The Morgan fingerprint density at radius 3 is 1.64 bits per heavy atom. The van der Waals surface area contributed by atoms with Crippen LogP contribution in [0.4, 0.5) is 46.5 Å². The van der Waals surface area contributed by atoms with Crippen LogP contribution in [0.25, 0.3) is 22.5 Å². The Kier molecular flexibility index (Phi) is 11.4. The summed E-state index contributed by atoms with van der Waals surface area (Å²) >= 11 is 0. The summed E-state index contributed by atoms with van der Waals surface area (Å²) in [5, 5.41) is 2.15. The molecule has 0 aliphatic heterocycles. The molecule has 3 amide bonds. The number of hydrogen-bond donors (Lipinski definition) is 1. The van der Waals surface area contributed by atoms with Crippen molar-refractivity contribution in [2.45, 2.75) is 46.0 Å². The minimum absolute atomic E-state index is 0.0346. The molecule has 4 aromatic heterocycles. The predicted molar refractivity (Wildman–Crippen MR) is 152 cm³/mol. The third-order valence-electron chi connectivity index (χ3n) is 6.01. The van der Waals surface area contributed by atoms with E-state index >= 15 is 0 Å². The molecule has 1 N–H and O–H groups in total. The fraction of sp³-hybridized carbons (Fsp3) is 0.233. The van der Waals surface area contributed by atoms with Gasteiger partial charge in [0.2, 0.25) is 17.7 Å². The van der Waals surface area contributed by atoms with Gasteiger partial charge >= 0.3 is 12.4 Å². The molecule has 0 radical (unpaired) electrons. The fourth-order valence-corrected chi connectivity index (χ4v) is 3.92. The van der Waals surface area contributed by atoms with E-state index in [-0.39, 0.29) is 35.4 Å². The first kappa shape index (κ1) is 36.1. The van der Waals surface area contributed by atoms with Crippen molar-refractivity contribution in [3.63, 3.8) is 0 Å². The lowest BCUT2D eigenvalue weighted by atomic mass is 10.1. The Bertz CT molecular complexity index is 1780. The van der Waals surface area contributed by atoms with Gasteiger partial charge in [0.1, 0.15) is 11.6 Å². The van der Waals surface area contributed by atoms with E-state index in [0.29, 0.717) is 4.90 Å². The summed E-state index contributed by atoms with van der Waals surface area (Å²) in [6, 6.07) is 6.49. The maximum absolute atomic E-state index is 13.4. The van der Waals surface area contributed by atoms with Gasteiger partial charge in [-0.25, -0.2) is 23.6 Å². The third-order valence-corrected chi connectivity index (χ3v) is 6.01. The molecular weight excluding hydrogens is 644 g/mol. The van der Waals surface area contributed by atoms with E-state index in [1.807, 2.05) is 0 Å². The van der Waals surface area contributed by atoms with E-state index < -0.39 is 64.5 Å². The number of anilines is 2. The van der Waals surface area contributed by atoms with Crippen molar-refractivity contribution in [1.29, 1.82) is 0 Å². The predicted octanol–water partition coefficient (Wildman–Crippen LogP) is 7.24. The Morgan fingerprint density at radius 2 is 1.21 bits per heavy atom. The number of pyridine rings is 4. The standard InChI is InChI=1S/C16H13F4N3O2.C14H11F4N3O/c1-3-14(25)23(9(2)24)13-5-4-12(22-15(13)16(18,19)20)10-6-11(17)8-21-7-10;1-2-12(22)20-11-4-3-10(21-13(11)14(16,17)18)8-5-9(15)7-19-6-8/h4-8H,3H2,1-2H3;3-7H,2H2,1H3,(H,20,22). The molecule has 0 saturated carbocycles. The number of nitrogens with one attached hydrogen (secondary N) is 1. The van der Waals surface area contributed by atoms with Gasteiger partial charge in [0, 0.05) is 43.3 Å². The highest BCUT2D eigenvalue weighted by molar-refractivity contribution is 6.14. The quantitative estimate of drug-likeness (QED) is 0.215. The van der Waals surface area contributed by atoms with Crippen molar-refractivity contribution < 1.29 is 49.5 Å². The zero-order valence-corrected chi connectivity index (χ0v) is 24.7. The smallest absolute Gasteiger partial charge is 0.324 e. The molecule has 0 fully saturated rings. The van der Waals surface area contributed by atoms with E-state index in [2.05, 4.69) is 25.3 Å². The van der Waals surface area contributed by atoms with Crippen LogP contribution in [-0.2, 0) is 26.7 Å². The summed E-state index contributed by atoms with van der Waals surface area (Å²) in [7, 11) is 0. The number of carbonyl (C=O) groups is 3. The molecule has 0 bridgehead atoms. The van der Waals surface area contributed by atoms with E-state index in [1.54, 1.807) is 0 Å². The highest BCUT2D eigenvalue weighted by Crippen LogP contribution is 2.38. The Balaban J connectivity index is 0.000000257. The molecule has 0 aliphatic rings. The van der Waals surface area contributed by atoms with Crippen LogP contribution in [0.3, 0.4) is 0 Å². The molecule has 0 aliphatic carbocycles. The number of rotatable bonds is 6. The number of nitrogens with zero attached hydrogens (tertiary/aromatic N) is 5. The largest absolute Gasteiger partial charge is 0.435 e. The highest BCUT2D eigenvalue weighted by atomic mass is 19.4. The SMILES string of the molecule is CCC(=O)N(C(C)=O)c1ccc(-c2cncc(F)c2)nc1C(F)(F)F.CCC(=O)Nc1ccc(-c2cncc(F)c2)nc1C(F)(F)F. The highest BCUT2D eigenvalue weighted by Gasteiger charge is 2.39. The number of amides is 3. The van der Waals surface area contributed by atoms with Crippen molar-refractivity contribution in [1.82, 2.24) is 19.9 Å². The summed E-state index contributed by atoms with van der Waals surface area (Å²) in [6.07, 6.45) is -5.61. The number of hydrogen-bond acceptors (Lipinski definition) is 7. The molecule has 0 unspecified atom stereocenters. The van der Waals surface area contributed by atoms with Gasteiger partial charge in [0.25, 0.3) is 0 Å². The van der Waals surface area contributed by atoms with Gasteiger partial charge in [0.05, 0.1) is 35.2 Å². The van der Waals surface area contributed by atoms with Gasteiger partial charge in [-0.2, -0.15) is 26.3 Å². The average Bonchev–Trinajstić information content (AvgIpc) is 3.00. The summed E-state index contributed by atoms with van der Waals surface area (Å²) in [5.41, 5.74) is -3.88. The Hall–Kier alpha value is -5.35. The molecular formula is C30H24F8N6O3. The Labute approximate surface area is 261 Å². The maximum Gasteiger partial charge on any atom is 0.435 e. The molecule has 4 rings (SSSR count). The second kappa shape index (κ2) is 14.8. The number of imide groups is 1. The normalized spacial score (nSPS) is 11.3. The summed E-state index contributed by atoms with van der Waals surface area (Å²) in [4.78, 5) is 49.4. The number of halogens is 8. The lowest BCUT2D eigenvalue weighted by Gasteiger charge is -2.22. The van der Waals surface area contributed by atoms with E-state index in [4.69, 9.17) is 0 Å². The minimum Gasteiger partial charge on any atom is -0.324 e. The molecule has 0 saturated heterocycles. The fourth-order valence-electron chi connectivity index (χ4n) is 3.92. The van der Waals surface area contributed by atoms with Gasteiger partial charge < -0.3 is 5.32 Å². The molecule has 4 aromatic rings. The zero-order chi connectivity index (χ0) is 35.1. The van der Waals surface area contributed by atoms with Gasteiger partial charge in [-0.3, -0.25) is 24.4 Å². The van der Waals surface area contributed by atoms with Crippen LogP contribution in [0, 0.1) is 11.6 Å². The van der Waals surface area contributed by atoms with Gasteiger partial charge in [-0.05, 0) is 36.4 Å². The summed E-state index contributed by atoms with van der Waals surface area (Å²) in [5.74, 6) is -3.63. The topological polar surface area (TPSA) is 118 Å². The van der Waals surface area contributed by atoms with Crippen LogP contribution in [0.15, 0.2) is 61.2 Å². The first-order chi connectivity index (χ1) is 22.0. The maximum atomic E-state index is 13.4. The van der Waals surface area contributed by atoms with Crippen molar-refractivity contribution >= 4 is 29.1 Å². The molecule has 0 atom stereocenters. The first-order valence-electron chi connectivity index (χ1n) is 13.5. The third kappa shape index (κ3) is 9.34. The molecule has 9 nitrogen and oxygen atoms in total. The lowest BCUT2D eigenvalue weighted by Crippen LogP contribution is -2.36. The molecule has 4 heterocycles. The summed E-state index contributed by atoms with van der Waals surface area (Å²) in [6.45, 7) is 3.92. The van der Waals surface area contributed by atoms with Crippen LogP contribution < -0.4 is 10.2 Å². The van der Waals surface area contributed by atoms with Crippen LogP contribution in [-0.4, -0.2) is 37.7 Å². The monoisotopic (exact) mass is 668 g/mol. The van der Waals surface area contributed by atoms with Gasteiger partial charge in [-0.15, -0.1) is 0 Å². The first-order valence-corrected chi connectivity index (χ1v) is 13.5. The van der Waals surface area contributed by atoms with Crippen LogP contribution in [0.1, 0.15) is 45.0 Å². The van der Waals surface area contributed by atoms with Crippen molar-refractivity contribution in [3.05, 3.63) is 84.2 Å². The van der Waals surface area contributed by atoms with Crippen molar-refractivity contribution in [3.8, 4) is 22.5 Å². The van der Waals surface area contributed by atoms with Gasteiger partial charge in [-0.1, -0.05) is 13.8 Å². The summed E-state index contributed by atoms with van der Waals surface area (Å²) < 4.78 is 106. The number of aromatic nitrogens is 4.